The maximum absolute atomic E-state index is 6.15. The lowest BCUT2D eigenvalue weighted by molar-refractivity contribution is -0.164. The number of nitrogens with one attached hydrogen (secondary N) is 1. The zero-order valence-electron chi connectivity index (χ0n) is 12.7. The van der Waals surface area contributed by atoms with Gasteiger partial charge in [-0.2, -0.15) is 0 Å². The van der Waals surface area contributed by atoms with E-state index in [9.17, 15) is 0 Å². The third-order valence-electron chi connectivity index (χ3n) is 4.64. The lowest BCUT2D eigenvalue weighted by atomic mass is 9.87. The second-order valence-electron chi connectivity index (χ2n) is 6.15. The third-order valence-corrected chi connectivity index (χ3v) is 5.38. The molecule has 2 aliphatic heterocycles. The molecule has 0 bridgehead atoms. The molecule has 3 atom stereocenters. The molecule has 1 aromatic rings. The molecular formula is C17H23Cl2NO2. The topological polar surface area (TPSA) is 30.5 Å². The van der Waals surface area contributed by atoms with E-state index in [0.29, 0.717) is 21.9 Å². The molecule has 5 heteroatoms. The normalized spacial score (nSPS) is 28.9. The fraction of sp³-hybridized carbons (Fsp3) is 0.647. The van der Waals surface area contributed by atoms with Crippen LogP contribution in [0.5, 0.6) is 0 Å². The van der Waals surface area contributed by atoms with Crippen molar-refractivity contribution in [3.05, 3.63) is 33.8 Å². The Morgan fingerprint density at radius 2 is 2.09 bits per heavy atom. The molecule has 1 N–H and O–H groups in total. The van der Waals surface area contributed by atoms with Gasteiger partial charge in [0.1, 0.15) is 0 Å². The molecule has 2 heterocycles. The van der Waals surface area contributed by atoms with Crippen molar-refractivity contribution in [1.82, 2.24) is 5.32 Å². The molecule has 3 nitrogen and oxygen atoms in total. The smallest absolute Gasteiger partial charge is 0.157 e. The van der Waals surface area contributed by atoms with Crippen LogP contribution in [0.1, 0.15) is 37.2 Å². The molecule has 2 saturated heterocycles. The van der Waals surface area contributed by atoms with Crippen LogP contribution in [-0.2, 0) is 9.47 Å². The second kappa shape index (κ2) is 7.98. The van der Waals surface area contributed by atoms with Crippen molar-refractivity contribution in [2.45, 2.75) is 37.9 Å². The lowest BCUT2D eigenvalue weighted by Gasteiger charge is -2.24. The average molecular weight is 344 g/mol. The predicted molar refractivity (Wildman–Crippen MR) is 89.7 cm³/mol. The summed E-state index contributed by atoms with van der Waals surface area (Å²) in [5, 5.41) is 4.73. The fourth-order valence-corrected chi connectivity index (χ4v) is 3.67. The summed E-state index contributed by atoms with van der Waals surface area (Å²) in [5.41, 5.74) is 1.26. The molecule has 122 valence electrons. The van der Waals surface area contributed by atoms with Gasteiger partial charge in [-0.05, 0) is 55.8 Å². The Hall–Kier alpha value is -0.320. The summed E-state index contributed by atoms with van der Waals surface area (Å²) in [6, 6.07) is 5.98. The number of halogens is 2. The molecule has 0 spiro atoms. The molecule has 0 saturated carbocycles. The maximum atomic E-state index is 6.15. The quantitative estimate of drug-likeness (QED) is 0.867. The van der Waals surface area contributed by atoms with Crippen LogP contribution in [0, 0.1) is 5.92 Å². The zero-order valence-corrected chi connectivity index (χ0v) is 14.2. The number of benzene rings is 1. The van der Waals surface area contributed by atoms with Gasteiger partial charge in [0, 0.05) is 19.1 Å². The standard InChI is InChI=1S/C17H23Cl2NO2/c18-15-5-4-12(9-16(15)19)14-11-20-10-13(14)6-8-22-17-3-1-2-7-21-17/h4-5,9,13-14,17,20H,1-3,6-8,10-11H2. The number of hydrogen-bond acceptors (Lipinski definition) is 3. The first-order valence-corrected chi connectivity index (χ1v) is 8.88. The van der Waals surface area contributed by atoms with Crippen LogP contribution in [0.4, 0.5) is 0 Å². The monoisotopic (exact) mass is 343 g/mol. The van der Waals surface area contributed by atoms with Crippen molar-refractivity contribution in [3.63, 3.8) is 0 Å². The Labute approximate surface area is 142 Å². The Morgan fingerprint density at radius 1 is 1.18 bits per heavy atom. The Kier molecular flexibility index (Phi) is 6.00. The van der Waals surface area contributed by atoms with E-state index in [0.717, 1.165) is 45.6 Å². The summed E-state index contributed by atoms with van der Waals surface area (Å²) in [5.74, 6) is 1.05. The predicted octanol–water partition coefficient (Wildman–Crippen LogP) is 4.23. The molecule has 2 fully saturated rings. The van der Waals surface area contributed by atoms with E-state index in [1.807, 2.05) is 12.1 Å². The van der Waals surface area contributed by atoms with E-state index < -0.39 is 0 Å². The number of ether oxygens (including phenoxy) is 2. The fourth-order valence-electron chi connectivity index (χ4n) is 3.36. The van der Waals surface area contributed by atoms with E-state index in [1.54, 1.807) is 0 Å². The van der Waals surface area contributed by atoms with Crippen molar-refractivity contribution < 1.29 is 9.47 Å². The molecule has 3 rings (SSSR count). The first-order chi connectivity index (χ1) is 10.7. The molecule has 0 aliphatic carbocycles. The average Bonchev–Trinajstić information content (AvgIpc) is 3.00. The van der Waals surface area contributed by atoms with E-state index in [4.69, 9.17) is 32.7 Å². The largest absolute Gasteiger partial charge is 0.353 e. The Morgan fingerprint density at radius 3 is 2.86 bits per heavy atom. The molecular weight excluding hydrogens is 321 g/mol. The van der Waals surface area contributed by atoms with Crippen LogP contribution in [0.15, 0.2) is 18.2 Å². The van der Waals surface area contributed by atoms with Gasteiger partial charge in [0.2, 0.25) is 0 Å². The van der Waals surface area contributed by atoms with Crippen molar-refractivity contribution in [2.24, 2.45) is 5.92 Å². The van der Waals surface area contributed by atoms with Crippen LogP contribution in [0.3, 0.4) is 0 Å². The van der Waals surface area contributed by atoms with Gasteiger partial charge >= 0.3 is 0 Å². The Balaban J connectivity index is 1.52. The van der Waals surface area contributed by atoms with E-state index in [-0.39, 0.29) is 6.29 Å². The lowest BCUT2D eigenvalue weighted by Crippen LogP contribution is -2.24. The van der Waals surface area contributed by atoms with Gasteiger partial charge in [-0.15, -0.1) is 0 Å². The van der Waals surface area contributed by atoms with Crippen LogP contribution >= 0.6 is 23.2 Å². The number of rotatable bonds is 5. The highest BCUT2D eigenvalue weighted by Gasteiger charge is 2.28. The van der Waals surface area contributed by atoms with Crippen LogP contribution in [0.25, 0.3) is 0 Å². The van der Waals surface area contributed by atoms with Crippen LogP contribution in [-0.4, -0.2) is 32.6 Å². The van der Waals surface area contributed by atoms with Crippen LogP contribution in [0.2, 0.25) is 10.0 Å². The van der Waals surface area contributed by atoms with Gasteiger partial charge in [0.05, 0.1) is 16.7 Å². The first-order valence-electron chi connectivity index (χ1n) is 8.13. The third kappa shape index (κ3) is 4.15. The van der Waals surface area contributed by atoms with Gasteiger partial charge in [-0.25, -0.2) is 0 Å². The van der Waals surface area contributed by atoms with Gasteiger partial charge in [0.15, 0.2) is 6.29 Å². The van der Waals surface area contributed by atoms with Gasteiger partial charge < -0.3 is 14.8 Å². The summed E-state index contributed by atoms with van der Waals surface area (Å²) in [4.78, 5) is 0. The molecule has 0 amide bonds. The van der Waals surface area contributed by atoms with E-state index in [1.165, 1.54) is 12.0 Å². The summed E-state index contributed by atoms with van der Waals surface area (Å²) >= 11 is 12.2. The number of hydrogen-bond donors (Lipinski definition) is 1. The van der Waals surface area contributed by atoms with Crippen molar-refractivity contribution in [1.29, 1.82) is 0 Å². The van der Waals surface area contributed by atoms with Crippen molar-refractivity contribution >= 4 is 23.2 Å². The molecule has 0 radical (unpaired) electrons. The summed E-state index contributed by atoms with van der Waals surface area (Å²) < 4.78 is 11.5. The van der Waals surface area contributed by atoms with Crippen molar-refractivity contribution in [3.8, 4) is 0 Å². The van der Waals surface area contributed by atoms with Gasteiger partial charge in [-0.3, -0.25) is 0 Å². The van der Waals surface area contributed by atoms with Gasteiger partial charge in [0.25, 0.3) is 0 Å². The van der Waals surface area contributed by atoms with Crippen LogP contribution < -0.4 is 5.32 Å². The highest BCUT2D eigenvalue weighted by Crippen LogP contribution is 2.34. The summed E-state index contributed by atoms with van der Waals surface area (Å²) in [6.07, 6.45) is 4.44. The molecule has 2 aliphatic rings. The van der Waals surface area contributed by atoms with Crippen molar-refractivity contribution in [2.75, 3.05) is 26.3 Å². The molecule has 3 unspecified atom stereocenters. The summed E-state index contributed by atoms with van der Waals surface area (Å²) in [7, 11) is 0. The summed E-state index contributed by atoms with van der Waals surface area (Å²) in [6.45, 7) is 3.61. The minimum absolute atomic E-state index is 0.00605. The first kappa shape index (κ1) is 16.5. The minimum Gasteiger partial charge on any atom is -0.353 e. The zero-order chi connectivity index (χ0) is 15.4. The highest BCUT2D eigenvalue weighted by atomic mass is 35.5. The molecule has 22 heavy (non-hydrogen) atoms. The SMILES string of the molecule is Clc1ccc(C2CNCC2CCOC2CCCCO2)cc1Cl. The molecule has 1 aromatic carbocycles. The van der Waals surface area contributed by atoms with E-state index >= 15 is 0 Å². The maximum Gasteiger partial charge on any atom is 0.157 e. The van der Waals surface area contributed by atoms with E-state index in [2.05, 4.69) is 11.4 Å². The highest BCUT2D eigenvalue weighted by molar-refractivity contribution is 6.42. The second-order valence-corrected chi connectivity index (χ2v) is 6.97. The molecule has 0 aromatic heterocycles. The Bertz CT molecular complexity index is 492. The van der Waals surface area contributed by atoms with Gasteiger partial charge in [-0.1, -0.05) is 29.3 Å². The minimum atomic E-state index is 0.00605.